The zero-order chi connectivity index (χ0) is 18.4. The smallest absolute Gasteiger partial charge is 0.325 e. The van der Waals surface area contributed by atoms with Crippen LogP contribution in [0.25, 0.3) is 10.8 Å². The Kier molecular flexibility index (Phi) is 5.49. The molecule has 1 N–H and O–H groups in total. The molecule has 0 fully saturated rings. The molecule has 3 aromatic rings. The van der Waals surface area contributed by atoms with Crippen molar-refractivity contribution in [3.8, 4) is 0 Å². The Morgan fingerprint density at radius 1 is 0.846 bits per heavy atom. The van der Waals surface area contributed by atoms with Crippen molar-refractivity contribution in [2.75, 3.05) is 18.0 Å². The molecule has 132 valence electrons. The first-order chi connectivity index (χ1) is 12.6. The van der Waals surface area contributed by atoms with Crippen LogP contribution in [0.4, 0.5) is 5.69 Å². The largest absolute Gasteiger partial charge is 0.480 e. The van der Waals surface area contributed by atoms with E-state index < -0.39 is 11.9 Å². The van der Waals surface area contributed by atoms with Gasteiger partial charge in [0, 0.05) is 5.69 Å². The van der Waals surface area contributed by atoms with Gasteiger partial charge in [-0.15, -0.1) is 0 Å². The van der Waals surface area contributed by atoms with E-state index in [0.29, 0.717) is 5.69 Å². The maximum absolute atomic E-state index is 12.2. The zero-order valence-corrected chi connectivity index (χ0v) is 14.2. The minimum Gasteiger partial charge on any atom is -0.480 e. The number of carbonyl (C=O) groups excluding carboxylic acids is 1. The second-order valence-electron chi connectivity index (χ2n) is 5.93. The number of ether oxygens (including phenoxy) is 1. The van der Waals surface area contributed by atoms with Gasteiger partial charge < -0.3 is 14.7 Å². The molecule has 3 aromatic carbocycles. The number of anilines is 1. The number of fused-ring (bicyclic) bond motifs is 1. The fourth-order valence-electron chi connectivity index (χ4n) is 2.73. The van der Waals surface area contributed by atoms with Crippen molar-refractivity contribution in [1.29, 1.82) is 0 Å². The van der Waals surface area contributed by atoms with Crippen LogP contribution >= 0.6 is 0 Å². The van der Waals surface area contributed by atoms with Crippen LogP contribution in [0.1, 0.15) is 5.56 Å². The summed E-state index contributed by atoms with van der Waals surface area (Å²) in [6.45, 7) is -0.238. The highest BCUT2D eigenvalue weighted by molar-refractivity contribution is 5.83. The molecule has 5 nitrogen and oxygen atoms in total. The third-order valence-corrected chi connectivity index (χ3v) is 3.98. The van der Waals surface area contributed by atoms with Gasteiger partial charge in [0.25, 0.3) is 0 Å². The molecule has 0 spiro atoms. The van der Waals surface area contributed by atoms with E-state index in [1.165, 1.54) is 4.90 Å². The van der Waals surface area contributed by atoms with Crippen molar-refractivity contribution in [2.24, 2.45) is 0 Å². The molecule has 0 atom stereocenters. The van der Waals surface area contributed by atoms with Crippen molar-refractivity contribution >= 4 is 28.4 Å². The summed E-state index contributed by atoms with van der Waals surface area (Å²) in [5.41, 5.74) is 1.55. The van der Waals surface area contributed by atoms with Crippen molar-refractivity contribution < 1.29 is 19.4 Å². The number of carboxylic acid groups (broad SMARTS) is 1. The van der Waals surface area contributed by atoms with E-state index in [4.69, 9.17) is 9.84 Å². The van der Waals surface area contributed by atoms with Crippen LogP contribution in [0.5, 0.6) is 0 Å². The molecule has 0 aromatic heterocycles. The first kappa shape index (κ1) is 17.5. The SMILES string of the molecule is O=C(O)CN(CC(=O)OCc1ccc2ccccc2c1)c1ccccc1. The van der Waals surface area contributed by atoms with Crippen LogP contribution in [0.2, 0.25) is 0 Å². The molecule has 0 radical (unpaired) electrons. The highest BCUT2D eigenvalue weighted by Gasteiger charge is 2.15. The molecule has 0 amide bonds. The van der Waals surface area contributed by atoms with Crippen molar-refractivity contribution in [2.45, 2.75) is 6.61 Å². The number of aliphatic carboxylic acids is 1. The van der Waals surface area contributed by atoms with Gasteiger partial charge in [0.05, 0.1) is 0 Å². The molecular formula is C21H19NO4. The summed E-state index contributed by atoms with van der Waals surface area (Å²) in [7, 11) is 0. The van der Waals surface area contributed by atoms with Gasteiger partial charge in [-0.25, -0.2) is 0 Å². The molecule has 0 heterocycles. The fourth-order valence-corrected chi connectivity index (χ4v) is 2.73. The van der Waals surface area contributed by atoms with Crippen LogP contribution in [-0.2, 0) is 20.9 Å². The minimum atomic E-state index is -1.00. The van der Waals surface area contributed by atoms with Gasteiger partial charge >= 0.3 is 11.9 Å². The minimum absolute atomic E-state index is 0.121. The molecule has 0 saturated carbocycles. The maximum Gasteiger partial charge on any atom is 0.325 e. The van der Waals surface area contributed by atoms with Gasteiger partial charge in [-0.05, 0) is 34.5 Å². The Bertz CT molecular complexity index is 908. The van der Waals surface area contributed by atoms with Crippen molar-refractivity contribution in [3.05, 3.63) is 78.4 Å². The maximum atomic E-state index is 12.2. The molecule has 0 unspecified atom stereocenters. The van der Waals surface area contributed by atoms with Crippen molar-refractivity contribution in [1.82, 2.24) is 0 Å². The van der Waals surface area contributed by atoms with Crippen LogP contribution in [0.15, 0.2) is 72.8 Å². The summed E-state index contributed by atoms with van der Waals surface area (Å²) in [4.78, 5) is 24.7. The third-order valence-electron chi connectivity index (χ3n) is 3.98. The average molecular weight is 349 g/mol. The number of carboxylic acids is 1. The number of esters is 1. The average Bonchev–Trinajstić information content (AvgIpc) is 2.66. The zero-order valence-electron chi connectivity index (χ0n) is 14.2. The molecule has 0 saturated heterocycles. The van der Waals surface area contributed by atoms with Gasteiger partial charge in [0.1, 0.15) is 19.7 Å². The van der Waals surface area contributed by atoms with E-state index in [1.807, 2.05) is 48.5 Å². The van der Waals surface area contributed by atoms with Gasteiger partial charge in [-0.3, -0.25) is 9.59 Å². The number of para-hydroxylation sites is 1. The Labute approximate surface area is 151 Å². The van der Waals surface area contributed by atoms with Crippen LogP contribution in [-0.4, -0.2) is 30.1 Å². The highest BCUT2D eigenvalue weighted by atomic mass is 16.5. The lowest BCUT2D eigenvalue weighted by Crippen LogP contribution is -2.35. The Hall–Kier alpha value is -3.34. The number of benzene rings is 3. The van der Waals surface area contributed by atoms with Crippen LogP contribution in [0, 0.1) is 0 Å². The topological polar surface area (TPSA) is 66.8 Å². The lowest BCUT2D eigenvalue weighted by Gasteiger charge is -2.21. The first-order valence-corrected chi connectivity index (χ1v) is 8.27. The molecule has 3 rings (SSSR count). The second kappa shape index (κ2) is 8.16. The number of rotatable bonds is 7. The quantitative estimate of drug-likeness (QED) is 0.662. The Morgan fingerprint density at radius 2 is 1.54 bits per heavy atom. The summed E-state index contributed by atoms with van der Waals surface area (Å²) in [5.74, 6) is -1.47. The third kappa shape index (κ3) is 4.60. The summed E-state index contributed by atoms with van der Waals surface area (Å²) in [6.07, 6.45) is 0. The summed E-state index contributed by atoms with van der Waals surface area (Å²) in [5, 5.41) is 11.3. The van der Waals surface area contributed by atoms with E-state index in [0.717, 1.165) is 16.3 Å². The highest BCUT2D eigenvalue weighted by Crippen LogP contribution is 2.17. The van der Waals surface area contributed by atoms with Gasteiger partial charge in [0.15, 0.2) is 0 Å². The molecule has 26 heavy (non-hydrogen) atoms. The van der Waals surface area contributed by atoms with Crippen molar-refractivity contribution in [3.63, 3.8) is 0 Å². The van der Waals surface area contributed by atoms with Gasteiger partial charge in [-0.2, -0.15) is 0 Å². The predicted molar refractivity (Wildman–Crippen MR) is 100 cm³/mol. The van der Waals surface area contributed by atoms with E-state index in [-0.39, 0.29) is 19.7 Å². The number of hydrogen-bond acceptors (Lipinski definition) is 4. The molecular weight excluding hydrogens is 330 g/mol. The van der Waals surface area contributed by atoms with E-state index >= 15 is 0 Å². The summed E-state index contributed by atoms with van der Waals surface area (Å²) in [6, 6.07) is 22.8. The Balaban J connectivity index is 1.63. The lowest BCUT2D eigenvalue weighted by molar-refractivity contribution is -0.143. The first-order valence-electron chi connectivity index (χ1n) is 8.27. The second-order valence-corrected chi connectivity index (χ2v) is 5.93. The standard InChI is InChI=1S/C21H19NO4/c23-20(24)13-22(19-8-2-1-3-9-19)14-21(25)26-15-16-10-11-17-6-4-5-7-18(17)12-16/h1-12H,13-15H2,(H,23,24). The summed E-state index contributed by atoms with van der Waals surface area (Å²) >= 11 is 0. The predicted octanol–water partition coefficient (Wildman–Crippen LogP) is 3.47. The van der Waals surface area contributed by atoms with E-state index in [2.05, 4.69) is 0 Å². The lowest BCUT2D eigenvalue weighted by atomic mass is 10.1. The van der Waals surface area contributed by atoms with Gasteiger partial charge in [-0.1, -0.05) is 54.6 Å². The van der Waals surface area contributed by atoms with Crippen LogP contribution < -0.4 is 4.90 Å². The normalized spacial score (nSPS) is 10.5. The number of hydrogen-bond donors (Lipinski definition) is 1. The Morgan fingerprint density at radius 3 is 2.27 bits per heavy atom. The molecule has 5 heteroatoms. The molecule has 0 bridgehead atoms. The fraction of sp³-hybridized carbons (Fsp3) is 0.143. The number of nitrogens with zero attached hydrogens (tertiary/aromatic N) is 1. The van der Waals surface area contributed by atoms with E-state index in [1.54, 1.807) is 24.3 Å². The molecule has 0 aliphatic carbocycles. The van der Waals surface area contributed by atoms with Crippen LogP contribution in [0.3, 0.4) is 0 Å². The molecule has 0 aliphatic rings. The van der Waals surface area contributed by atoms with Gasteiger partial charge in [0.2, 0.25) is 0 Å². The number of carbonyl (C=O) groups is 2. The monoisotopic (exact) mass is 349 g/mol. The molecule has 0 aliphatic heterocycles. The summed E-state index contributed by atoms with van der Waals surface area (Å²) < 4.78 is 5.34. The van der Waals surface area contributed by atoms with E-state index in [9.17, 15) is 9.59 Å².